The van der Waals surface area contributed by atoms with Gasteiger partial charge in [-0.3, -0.25) is 4.79 Å². The Kier molecular flexibility index (Phi) is 3.65. The molecule has 1 N–H and O–H groups in total. The van der Waals surface area contributed by atoms with Crippen LogP contribution in [0.25, 0.3) is 11.4 Å². The third-order valence-electron chi connectivity index (χ3n) is 6.61. The molecule has 7 rings (SSSR count). The van der Waals surface area contributed by atoms with Crippen LogP contribution in [0.15, 0.2) is 78.4 Å². The summed E-state index contributed by atoms with van der Waals surface area (Å²) >= 11 is 0. The van der Waals surface area contributed by atoms with Crippen LogP contribution in [0, 0.1) is 6.92 Å². The Morgan fingerprint density at radius 3 is 2.55 bits per heavy atom. The van der Waals surface area contributed by atoms with E-state index in [0.29, 0.717) is 5.75 Å². The first kappa shape index (κ1) is 18.3. The number of aryl methyl sites for hydroxylation is 1. The van der Waals surface area contributed by atoms with E-state index < -0.39 is 0 Å². The number of para-hydroxylation sites is 1. The van der Waals surface area contributed by atoms with Gasteiger partial charge in [-0.25, -0.2) is 4.68 Å². The molecule has 0 amide bonds. The summed E-state index contributed by atoms with van der Waals surface area (Å²) in [7, 11) is 0. The van der Waals surface area contributed by atoms with Crippen LogP contribution in [0.5, 0.6) is 11.5 Å². The van der Waals surface area contributed by atoms with Crippen LogP contribution in [0.1, 0.15) is 38.7 Å². The van der Waals surface area contributed by atoms with Crippen LogP contribution in [-0.4, -0.2) is 22.4 Å². The molecule has 0 saturated heterocycles. The summed E-state index contributed by atoms with van der Waals surface area (Å²) < 4.78 is 13.1. The van der Waals surface area contributed by atoms with Gasteiger partial charge in [-0.05, 0) is 36.8 Å². The highest BCUT2D eigenvalue weighted by molar-refractivity contribution is 6.24. The molecule has 4 aromatic rings. The molecule has 2 aliphatic heterocycles. The Balaban J connectivity index is 1.50. The van der Waals surface area contributed by atoms with E-state index >= 15 is 0 Å². The van der Waals surface area contributed by atoms with Crippen molar-refractivity contribution in [3.63, 3.8) is 0 Å². The lowest BCUT2D eigenvalue weighted by atomic mass is 9.81. The Bertz CT molecular complexity index is 1500. The number of hydrogen-bond donors (Lipinski definition) is 1. The number of Topliss-reactive ketones (excluding diaryl/α,β-unsaturated/α-hetero) is 1. The van der Waals surface area contributed by atoms with Gasteiger partial charge in [0, 0.05) is 28.2 Å². The summed E-state index contributed by atoms with van der Waals surface area (Å²) in [6.07, 6.45) is 0. The fraction of sp³-hybridized carbons (Fsp3) is 0.111. The minimum atomic E-state index is -0.275. The second-order valence-electron chi connectivity index (χ2n) is 8.43. The molecule has 3 heterocycles. The van der Waals surface area contributed by atoms with Crippen LogP contribution in [-0.2, 0) is 0 Å². The van der Waals surface area contributed by atoms with Crippen molar-refractivity contribution < 1.29 is 14.3 Å². The SMILES string of the molecule is Cc1nn(-c2ccccc2)c2c1C(c1ccc3c(c1)OCO3)C1=C(N2)c2ccccc2C1=O. The van der Waals surface area contributed by atoms with Crippen molar-refractivity contribution in [3.8, 4) is 17.2 Å². The molecule has 6 heteroatoms. The summed E-state index contributed by atoms with van der Waals surface area (Å²) in [5, 5.41) is 8.47. The number of hydrogen-bond acceptors (Lipinski definition) is 5. The highest BCUT2D eigenvalue weighted by atomic mass is 16.7. The van der Waals surface area contributed by atoms with Gasteiger partial charge < -0.3 is 14.8 Å². The standard InChI is InChI=1S/C27H19N3O3/c1-15-22-23(16-11-12-20-21(13-16)33-14-32-20)24-25(18-9-5-6-10-19(18)26(24)31)28-27(22)30(29-15)17-7-3-2-4-8-17/h2-13,23,28H,14H2,1H3. The van der Waals surface area contributed by atoms with Crippen LogP contribution in [0.4, 0.5) is 5.82 Å². The molecular weight excluding hydrogens is 414 g/mol. The Morgan fingerprint density at radius 1 is 0.939 bits per heavy atom. The third kappa shape index (κ3) is 2.49. The number of benzene rings is 3. The fourth-order valence-electron chi connectivity index (χ4n) is 5.16. The number of ether oxygens (including phenoxy) is 2. The average Bonchev–Trinajstić information content (AvgIpc) is 3.54. The average molecular weight is 433 g/mol. The van der Waals surface area contributed by atoms with Crippen molar-refractivity contribution in [1.82, 2.24) is 9.78 Å². The smallest absolute Gasteiger partial charge is 0.231 e. The summed E-state index contributed by atoms with van der Waals surface area (Å²) in [5.41, 5.74) is 7.06. The molecule has 0 radical (unpaired) electrons. The zero-order valence-corrected chi connectivity index (χ0v) is 17.8. The molecule has 0 fully saturated rings. The van der Waals surface area contributed by atoms with E-state index in [-0.39, 0.29) is 18.5 Å². The normalized spacial score (nSPS) is 17.5. The second-order valence-corrected chi connectivity index (χ2v) is 8.43. The topological polar surface area (TPSA) is 65.4 Å². The van der Waals surface area contributed by atoms with Gasteiger partial charge in [0.25, 0.3) is 0 Å². The quantitative estimate of drug-likeness (QED) is 0.478. The zero-order valence-electron chi connectivity index (χ0n) is 17.8. The first-order valence-electron chi connectivity index (χ1n) is 10.9. The zero-order chi connectivity index (χ0) is 22.1. The molecule has 0 saturated carbocycles. The van der Waals surface area contributed by atoms with Gasteiger partial charge in [-0.1, -0.05) is 48.5 Å². The lowest BCUT2D eigenvalue weighted by Gasteiger charge is -2.27. The number of carbonyl (C=O) groups is 1. The van der Waals surface area contributed by atoms with Crippen molar-refractivity contribution in [3.05, 3.63) is 106 Å². The minimum absolute atomic E-state index is 0.0493. The number of anilines is 1. The van der Waals surface area contributed by atoms with E-state index in [4.69, 9.17) is 14.6 Å². The van der Waals surface area contributed by atoms with Crippen LogP contribution in [0.3, 0.4) is 0 Å². The van der Waals surface area contributed by atoms with E-state index in [1.165, 1.54) is 0 Å². The number of carbonyl (C=O) groups excluding carboxylic acids is 1. The molecule has 160 valence electrons. The maximum Gasteiger partial charge on any atom is 0.231 e. The highest BCUT2D eigenvalue weighted by Crippen LogP contribution is 2.51. The van der Waals surface area contributed by atoms with Gasteiger partial charge >= 0.3 is 0 Å². The van der Waals surface area contributed by atoms with Crippen molar-refractivity contribution in [2.45, 2.75) is 12.8 Å². The Hall–Kier alpha value is -4.32. The minimum Gasteiger partial charge on any atom is -0.454 e. The number of nitrogens with one attached hydrogen (secondary N) is 1. The largest absolute Gasteiger partial charge is 0.454 e. The number of rotatable bonds is 2. The highest BCUT2D eigenvalue weighted by Gasteiger charge is 2.43. The van der Waals surface area contributed by atoms with Gasteiger partial charge in [0.15, 0.2) is 17.3 Å². The monoisotopic (exact) mass is 433 g/mol. The molecule has 0 spiro atoms. The summed E-state index contributed by atoms with van der Waals surface area (Å²) in [4.78, 5) is 13.7. The van der Waals surface area contributed by atoms with E-state index in [1.807, 2.05) is 84.4 Å². The lowest BCUT2D eigenvalue weighted by molar-refractivity contribution is 0.103. The van der Waals surface area contributed by atoms with E-state index in [2.05, 4.69) is 5.32 Å². The number of ketones is 1. The molecule has 6 nitrogen and oxygen atoms in total. The van der Waals surface area contributed by atoms with Crippen LogP contribution >= 0.6 is 0 Å². The van der Waals surface area contributed by atoms with Crippen molar-refractivity contribution in [1.29, 1.82) is 0 Å². The number of aromatic nitrogens is 2. The van der Waals surface area contributed by atoms with Crippen LogP contribution in [0.2, 0.25) is 0 Å². The van der Waals surface area contributed by atoms with Crippen LogP contribution < -0.4 is 14.8 Å². The van der Waals surface area contributed by atoms with Gasteiger partial charge in [0.1, 0.15) is 5.82 Å². The second kappa shape index (κ2) is 6.59. The van der Waals surface area contributed by atoms with Gasteiger partial charge in [0.05, 0.1) is 17.1 Å². The molecule has 1 unspecified atom stereocenters. The fourth-order valence-corrected chi connectivity index (χ4v) is 5.16. The van der Waals surface area contributed by atoms with Crippen molar-refractivity contribution in [2.75, 3.05) is 12.1 Å². The molecule has 3 aromatic carbocycles. The molecule has 33 heavy (non-hydrogen) atoms. The predicted molar refractivity (Wildman–Crippen MR) is 124 cm³/mol. The summed E-state index contributed by atoms with van der Waals surface area (Å²) in [6, 6.07) is 23.7. The molecule has 3 aliphatic rings. The number of allylic oxidation sites excluding steroid dienone is 1. The molecule has 0 bridgehead atoms. The summed E-state index contributed by atoms with van der Waals surface area (Å²) in [5.74, 6) is 2.08. The van der Waals surface area contributed by atoms with Gasteiger partial charge in [-0.15, -0.1) is 0 Å². The molecular formula is C27H19N3O3. The number of nitrogens with zero attached hydrogens (tertiary/aromatic N) is 2. The van der Waals surface area contributed by atoms with E-state index in [9.17, 15) is 4.79 Å². The van der Waals surface area contributed by atoms with Gasteiger partial charge in [0.2, 0.25) is 6.79 Å². The maximum atomic E-state index is 13.7. The van der Waals surface area contributed by atoms with E-state index in [1.54, 1.807) is 0 Å². The molecule has 1 atom stereocenters. The van der Waals surface area contributed by atoms with Crippen molar-refractivity contribution in [2.24, 2.45) is 0 Å². The lowest BCUT2D eigenvalue weighted by Crippen LogP contribution is -2.20. The number of fused-ring (bicyclic) bond motifs is 4. The summed E-state index contributed by atoms with van der Waals surface area (Å²) in [6.45, 7) is 2.21. The molecule has 1 aliphatic carbocycles. The Morgan fingerprint density at radius 2 is 1.70 bits per heavy atom. The van der Waals surface area contributed by atoms with Gasteiger partial charge in [-0.2, -0.15) is 5.10 Å². The maximum absolute atomic E-state index is 13.7. The third-order valence-corrected chi connectivity index (χ3v) is 6.61. The Labute approximate surface area is 190 Å². The first-order valence-corrected chi connectivity index (χ1v) is 10.9. The van der Waals surface area contributed by atoms with Crippen molar-refractivity contribution >= 4 is 17.3 Å². The molecule has 1 aromatic heterocycles. The predicted octanol–water partition coefficient (Wildman–Crippen LogP) is 5.07. The van der Waals surface area contributed by atoms with E-state index in [0.717, 1.165) is 56.5 Å². The first-order chi connectivity index (χ1) is 16.2.